The molecule has 0 amide bonds. The predicted molar refractivity (Wildman–Crippen MR) is 91.2 cm³/mol. The van der Waals surface area contributed by atoms with Crippen LogP contribution in [0.15, 0.2) is 29.4 Å². The first-order valence-electron chi connectivity index (χ1n) is 6.27. The van der Waals surface area contributed by atoms with Gasteiger partial charge in [0.2, 0.25) is 0 Å². The first-order valence-corrected chi connectivity index (χ1v) is 7.99. The second-order valence-electron chi connectivity index (χ2n) is 4.55. The summed E-state index contributed by atoms with van der Waals surface area (Å²) in [4.78, 5) is 8.15. The van der Waals surface area contributed by atoms with Crippen molar-refractivity contribution in [2.75, 3.05) is 17.6 Å². The molecule has 20 heavy (non-hydrogen) atoms. The number of pyridine rings is 1. The fraction of sp³-hybridized carbons (Fsp3) is 0.500. The quantitative estimate of drug-likeness (QED) is 0.446. The van der Waals surface area contributed by atoms with Crippen molar-refractivity contribution in [3.8, 4) is 0 Å². The lowest BCUT2D eigenvalue weighted by atomic mass is 10.2. The highest BCUT2D eigenvalue weighted by molar-refractivity contribution is 14.0. The number of sulfone groups is 1. The molecule has 0 spiro atoms. The van der Waals surface area contributed by atoms with Gasteiger partial charge in [-0.3, -0.25) is 4.99 Å². The van der Waals surface area contributed by atoms with Gasteiger partial charge in [0.15, 0.2) is 15.8 Å². The van der Waals surface area contributed by atoms with Gasteiger partial charge in [0.05, 0.1) is 17.5 Å². The smallest absolute Gasteiger partial charge is 0.194 e. The Morgan fingerprint density at radius 1 is 1.45 bits per heavy atom. The van der Waals surface area contributed by atoms with Gasteiger partial charge in [0.25, 0.3) is 0 Å². The van der Waals surface area contributed by atoms with Gasteiger partial charge in [0.1, 0.15) is 5.82 Å². The molecule has 1 aliphatic heterocycles. The molecule has 1 fully saturated rings. The Labute approximate surface area is 136 Å². The van der Waals surface area contributed by atoms with Gasteiger partial charge in [-0.1, -0.05) is 12.5 Å². The number of aliphatic imine (C=N–C) groups is 1. The summed E-state index contributed by atoms with van der Waals surface area (Å²) in [6.45, 7) is 0.216. The summed E-state index contributed by atoms with van der Waals surface area (Å²) in [7, 11) is -3.00. The molecule has 1 aliphatic rings. The Morgan fingerprint density at radius 2 is 2.25 bits per heavy atom. The van der Waals surface area contributed by atoms with E-state index in [-0.39, 0.29) is 42.2 Å². The van der Waals surface area contributed by atoms with Crippen molar-refractivity contribution < 1.29 is 8.42 Å². The van der Waals surface area contributed by atoms with Gasteiger partial charge in [0, 0.05) is 6.20 Å². The molecule has 2 rings (SSSR count). The standard InChI is InChI=1S/C12H18N4O2S.HI/c13-12(16-11-6-1-3-7-14-11)15-9-10-5-2-4-8-19(10,17)18;/h1,3,6-7,10H,2,4-5,8-9H2,(H3,13,14,15,16);1H. The molecule has 1 unspecified atom stereocenters. The SMILES string of the molecule is I.NC(=NCC1CCCCS1(=O)=O)Nc1ccccn1. The largest absolute Gasteiger partial charge is 0.370 e. The number of nitrogens with zero attached hydrogens (tertiary/aromatic N) is 2. The van der Waals surface area contributed by atoms with E-state index in [0.29, 0.717) is 12.2 Å². The maximum Gasteiger partial charge on any atom is 0.194 e. The lowest BCUT2D eigenvalue weighted by Gasteiger charge is -2.20. The number of nitrogens with one attached hydrogen (secondary N) is 1. The Hall–Kier alpha value is -0.900. The molecule has 0 aromatic carbocycles. The minimum absolute atomic E-state index is 0. The Morgan fingerprint density at radius 3 is 2.90 bits per heavy atom. The van der Waals surface area contributed by atoms with Crippen LogP contribution in [-0.4, -0.2) is 36.9 Å². The Kier molecular flexibility index (Phi) is 6.66. The Bertz CT molecular complexity index is 548. The van der Waals surface area contributed by atoms with E-state index in [1.165, 1.54) is 0 Å². The summed E-state index contributed by atoms with van der Waals surface area (Å²) in [6.07, 6.45) is 4.00. The molecular formula is C12H19IN4O2S. The summed E-state index contributed by atoms with van der Waals surface area (Å²) >= 11 is 0. The summed E-state index contributed by atoms with van der Waals surface area (Å²) in [5.41, 5.74) is 5.72. The van der Waals surface area contributed by atoms with Crippen LogP contribution in [-0.2, 0) is 9.84 Å². The van der Waals surface area contributed by atoms with Crippen molar-refractivity contribution in [1.29, 1.82) is 0 Å². The summed E-state index contributed by atoms with van der Waals surface area (Å²) in [5, 5.41) is 2.43. The summed E-state index contributed by atoms with van der Waals surface area (Å²) in [5.74, 6) is 1.05. The van der Waals surface area contributed by atoms with Crippen LogP contribution in [0.5, 0.6) is 0 Å². The van der Waals surface area contributed by atoms with Crippen molar-refractivity contribution in [3.63, 3.8) is 0 Å². The second kappa shape index (κ2) is 7.77. The molecule has 2 heterocycles. The summed E-state index contributed by atoms with van der Waals surface area (Å²) < 4.78 is 23.6. The van der Waals surface area contributed by atoms with E-state index in [1.807, 2.05) is 6.07 Å². The van der Waals surface area contributed by atoms with Crippen LogP contribution in [0.1, 0.15) is 19.3 Å². The molecule has 0 radical (unpaired) electrons. The van der Waals surface area contributed by atoms with Gasteiger partial charge >= 0.3 is 0 Å². The van der Waals surface area contributed by atoms with Crippen LogP contribution in [0, 0.1) is 0 Å². The predicted octanol–water partition coefficient (Wildman–Crippen LogP) is 1.39. The third-order valence-corrected chi connectivity index (χ3v) is 5.36. The number of guanidine groups is 1. The lowest BCUT2D eigenvalue weighted by molar-refractivity contribution is 0.541. The van der Waals surface area contributed by atoms with Crippen LogP contribution in [0.25, 0.3) is 0 Å². The average Bonchev–Trinajstić information content (AvgIpc) is 2.38. The molecular weight excluding hydrogens is 391 g/mol. The van der Waals surface area contributed by atoms with Crippen molar-refractivity contribution >= 4 is 45.6 Å². The molecule has 1 saturated heterocycles. The summed E-state index contributed by atoms with van der Waals surface area (Å²) in [6, 6.07) is 5.39. The normalized spacial score (nSPS) is 21.8. The number of halogens is 1. The van der Waals surface area contributed by atoms with E-state index in [4.69, 9.17) is 5.73 Å². The van der Waals surface area contributed by atoms with Crippen molar-refractivity contribution in [2.24, 2.45) is 10.7 Å². The highest BCUT2D eigenvalue weighted by Gasteiger charge is 2.28. The molecule has 6 nitrogen and oxygen atoms in total. The highest BCUT2D eigenvalue weighted by Crippen LogP contribution is 2.19. The number of hydrogen-bond donors (Lipinski definition) is 2. The van der Waals surface area contributed by atoms with Gasteiger partial charge < -0.3 is 11.1 Å². The van der Waals surface area contributed by atoms with Gasteiger partial charge in [-0.05, 0) is 25.0 Å². The van der Waals surface area contributed by atoms with Gasteiger partial charge in [-0.25, -0.2) is 13.4 Å². The maximum absolute atomic E-state index is 11.8. The van der Waals surface area contributed by atoms with Crippen LogP contribution in [0.4, 0.5) is 5.82 Å². The lowest BCUT2D eigenvalue weighted by Crippen LogP contribution is -2.32. The number of anilines is 1. The molecule has 0 saturated carbocycles. The van der Waals surface area contributed by atoms with E-state index in [9.17, 15) is 8.42 Å². The third-order valence-electron chi connectivity index (χ3n) is 3.10. The molecule has 8 heteroatoms. The number of hydrogen-bond acceptors (Lipinski definition) is 4. The molecule has 112 valence electrons. The van der Waals surface area contributed by atoms with Crippen molar-refractivity contribution in [2.45, 2.75) is 24.5 Å². The minimum atomic E-state index is -3.00. The number of aromatic nitrogens is 1. The van der Waals surface area contributed by atoms with Crippen LogP contribution in [0.2, 0.25) is 0 Å². The minimum Gasteiger partial charge on any atom is -0.370 e. The molecule has 1 aromatic rings. The topological polar surface area (TPSA) is 97.4 Å². The zero-order valence-corrected chi connectivity index (χ0v) is 14.2. The monoisotopic (exact) mass is 410 g/mol. The van der Waals surface area contributed by atoms with Gasteiger partial charge in [-0.15, -0.1) is 24.0 Å². The average molecular weight is 410 g/mol. The third kappa shape index (κ3) is 4.89. The molecule has 3 N–H and O–H groups in total. The van der Waals surface area contributed by atoms with Crippen molar-refractivity contribution in [1.82, 2.24) is 4.98 Å². The molecule has 1 aromatic heterocycles. The first kappa shape index (κ1) is 17.2. The van der Waals surface area contributed by atoms with Gasteiger partial charge in [-0.2, -0.15) is 0 Å². The molecule has 1 atom stereocenters. The maximum atomic E-state index is 11.8. The van der Waals surface area contributed by atoms with E-state index in [2.05, 4.69) is 15.3 Å². The number of rotatable bonds is 3. The van der Waals surface area contributed by atoms with Crippen LogP contribution in [0.3, 0.4) is 0 Å². The van der Waals surface area contributed by atoms with E-state index < -0.39 is 15.1 Å². The fourth-order valence-electron chi connectivity index (χ4n) is 2.03. The first-order chi connectivity index (χ1) is 9.08. The van der Waals surface area contributed by atoms with Crippen LogP contribution < -0.4 is 11.1 Å². The van der Waals surface area contributed by atoms with Crippen LogP contribution >= 0.6 is 24.0 Å². The zero-order valence-electron chi connectivity index (χ0n) is 11.0. The zero-order chi connectivity index (χ0) is 13.7. The molecule has 0 aliphatic carbocycles. The van der Waals surface area contributed by atoms with Crippen molar-refractivity contribution in [3.05, 3.63) is 24.4 Å². The van der Waals surface area contributed by atoms with E-state index >= 15 is 0 Å². The number of nitrogens with two attached hydrogens (primary N) is 1. The van der Waals surface area contributed by atoms with E-state index in [1.54, 1.807) is 18.3 Å². The second-order valence-corrected chi connectivity index (χ2v) is 6.95. The Balaban J connectivity index is 0.00000200. The highest BCUT2D eigenvalue weighted by atomic mass is 127. The van der Waals surface area contributed by atoms with E-state index in [0.717, 1.165) is 12.8 Å². The molecule has 0 bridgehead atoms. The fourth-order valence-corrected chi connectivity index (χ4v) is 3.80.